The second-order valence-corrected chi connectivity index (χ2v) is 4.91. The van der Waals surface area contributed by atoms with Crippen LogP contribution in [-0.2, 0) is 4.79 Å². The van der Waals surface area contributed by atoms with Gasteiger partial charge in [0, 0.05) is 23.2 Å². The van der Waals surface area contributed by atoms with E-state index in [1.165, 1.54) is 0 Å². The van der Waals surface area contributed by atoms with Gasteiger partial charge in [-0.15, -0.1) is 0 Å². The number of hydrogen-bond acceptors (Lipinski definition) is 3. The van der Waals surface area contributed by atoms with Crippen LogP contribution < -0.4 is 4.90 Å². The van der Waals surface area contributed by atoms with E-state index in [9.17, 15) is 4.79 Å². The molecule has 0 aliphatic heterocycles. The van der Waals surface area contributed by atoms with Crippen LogP contribution in [0, 0.1) is 17.2 Å². The highest BCUT2D eigenvalue weighted by atomic mass is 79.9. The van der Waals surface area contributed by atoms with Gasteiger partial charge in [0.05, 0.1) is 11.5 Å². The average molecular weight is 311 g/mol. The first-order valence-electron chi connectivity index (χ1n) is 5.67. The van der Waals surface area contributed by atoms with E-state index in [1.807, 2.05) is 24.0 Å². The van der Waals surface area contributed by atoms with Crippen LogP contribution in [0.25, 0.3) is 0 Å². The normalized spacial score (nSPS) is 11.7. The molecule has 18 heavy (non-hydrogen) atoms. The molecule has 5 heteroatoms. The number of rotatable bonds is 5. The molecule has 0 aliphatic rings. The van der Waals surface area contributed by atoms with Crippen LogP contribution in [0.1, 0.15) is 19.4 Å². The molecule has 0 saturated heterocycles. The zero-order valence-corrected chi connectivity index (χ0v) is 11.9. The van der Waals surface area contributed by atoms with E-state index in [2.05, 4.69) is 22.0 Å². The monoisotopic (exact) mass is 310 g/mol. The van der Waals surface area contributed by atoms with Crippen molar-refractivity contribution in [3.63, 3.8) is 0 Å². The van der Waals surface area contributed by atoms with Crippen molar-refractivity contribution >= 4 is 27.6 Å². The molecule has 0 saturated carbocycles. The van der Waals surface area contributed by atoms with Crippen molar-refractivity contribution < 1.29 is 9.90 Å². The fraction of sp³-hybridized carbons (Fsp3) is 0.385. The summed E-state index contributed by atoms with van der Waals surface area (Å²) in [5, 5.41) is 17.8. The summed E-state index contributed by atoms with van der Waals surface area (Å²) in [4.78, 5) is 12.8. The van der Waals surface area contributed by atoms with E-state index < -0.39 is 11.9 Å². The Morgan fingerprint density at radius 1 is 1.61 bits per heavy atom. The van der Waals surface area contributed by atoms with Gasteiger partial charge in [0.15, 0.2) is 0 Å². The summed E-state index contributed by atoms with van der Waals surface area (Å²) < 4.78 is 0.726. The van der Waals surface area contributed by atoms with Crippen LogP contribution in [0.5, 0.6) is 0 Å². The number of carboxylic acids is 1. The maximum Gasteiger partial charge on any atom is 0.308 e. The summed E-state index contributed by atoms with van der Waals surface area (Å²) in [6, 6.07) is 7.49. The second kappa shape index (κ2) is 6.41. The molecule has 1 rings (SSSR count). The maximum atomic E-state index is 10.9. The van der Waals surface area contributed by atoms with Crippen LogP contribution in [0.4, 0.5) is 5.69 Å². The number of benzene rings is 1. The molecule has 1 N–H and O–H groups in total. The Bertz CT molecular complexity index is 482. The number of hydrogen-bond donors (Lipinski definition) is 1. The lowest BCUT2D eigenvalue weighted by molar-refractivity contribution is -0.140. The smallest absolute Gasteiger partial charge is 0.308 e. The van der Waals surface area contributed by atoms with Gasteiger partial charge in [0.1, 0.15) is 6.07 Å². The van der Waals surface area contributed by atoms with Crippen molar-refractivity contribution in [3.8, 4) is 6.07 Å². The Hall–Kier alpha value is -1.54. The lowest BCUT2D eigenvalue weighted by Gasteiger charge is -2.25. The molecule has 0 aromatic heterocycles. The molecule has 0 fully saturated rings. The highest BCUT2D eigenvalue weighted by Crippen LogP contribution is 2.24. The number of nitriles is 1. The van der Waals surface area contributed by atoms with Crippen LogP contribution in [-0.4, -0.2) is 24.2 Å². The molecule has 0 amide bonds. The molecule has 0 radical (unpaired) electrons. The predicted octanol–water partition coefficient (Wildman–Crippen LogP) is 2.87. The van der Waals surface area contributed by atoms with Gasteiger partial charge in [-0.1, -0.05) is 6.92 Å². The Balaban J connectivity index is 2.93. The third kappa shape index (κ3) is 3.47. The molecule has 1 unspecified atom stereocenters. The van der Waals surface area contributed by atoms with E-state index in [0.29, 0.717) is 12.1 Å². The van der Waals surface area contributed by atoms with Crippen molar-refractivity contribution in [2.75, 3.05) is 18.0 Å². The average Bonchev–Trinajstić information content (AvgIpc) is 2.35. The summed E-state index contributed by atoms with van der Waals surface area (Å²) in [7, 11) is 0. The molecule has 0 spiro atoms. The topological polar surface area (TPSA) is 64.3 Å². The predicted molar refractivity (Wildman–Crippen MR) is 73.5 cm³/mol. The molecule has 4 nitrogen and oxygen atoms in total. The van der Waals surface area contributed by atoms with Gasteiger partial charge in [-0.3, -0.25) is 4.79 Å². The standard InChI is InChI=1S/C13H15BrN2O2/c1-3-16(8-9(2)13(17)18)11-5-4-10(7-15)12(14)6-11/h4-6,9H,3,8H2,1-2H3,(H,17,18). The molecule has 1 aromatic carbocycles. The van der Waals surface area contributed by atoms with E-state index in [-0.39, 0.29) is 0 Å². The zero-order valence-electron chi connectivity index (χ0n) is 10.4. The van der Waals surface area contributed by atoms with E-state index in [4.69, 9.17) is 10.4 Å². The molecule has 1 aromatic rings. The lowest BCUT2D eigenvalue weighted by Crippen LogP contribution is -2.31. The minimum Gasteiger partial charge on any atom is -0.481 e. The Kier molecular flexibility index (Phi) is 5.17. The number of halogens is 1. The minimum atomic E-state index is -0.804. The number of anilines is 1. The van der Waals surface area contributed by atoms with Gasteiger partial charge in [0.2, 0.25) is 0 Å². The van der Waals surface area contributed by atoms with Gasteiger partial charge in [-0.2, -0.15) is 5.26 Å². The fourth-order valence-corrected chi connectivity index (χ4v) is 2.07. The molecule has 1 atom stereocenters. The molecular formula is C13H15BrN2O2. The fourth-order valence-electron chi connectivity index (χ4n) is 1.62. The lowest BCUT2D eigenvalue weighted by atomic mass is 10.1. The molecule has 96 valence electrons. The third-order valence-electron chi connectivity index (χ3n) is 2.74. The summed E-state index contributed by atoms with van der Waals surface area (Å²) in [5.74, 6) is -1.24. The number of aliphatic carboxylic acids is 1. The molecule has 0 aliphatic carbocycles. The maximum absolute atomic E-state index is 10.9. The number of nitrogens with zero attached hydrogens (tertiary/aromatic N) is 2. The van der Waals surface area contributed by atoms with Crippen molar-refractivity contribution in [2.45, 2.75) is 13.8 Å². The van der Waals surface area contributed by atoms with Gasteiger partial charge in [-0.25, -0.2) is 0 Å². The third-order valence-corrected chi connectivity index (χ3v) is 3.39. The SMILES string of the molecule is CCN(CC(C)C(=O)O)c1ccc(C#N)c(Br)c1. The van der Waals surface area contributed by atoms with Crippen molar-refractivity contribution in [1.82, 2.24) is 0 Å². The van der Waals surface area contributed by atoms with Gasteiger partial charge in [0.25, 0.3) is 0 Å². The summed E-state index contributed by atoms with van der Waals surface area (Å²) in [6.07, 6.45) is 0. The quantitative estimate of drug-likeness (QED) is 0.908. The first-order valence-corrected chi connectivity index (χ1v) is 6.46. The number of carboxylic acid groups (broad SMARTS) is 1. The van der Waals surface area contributed by atoms with E-state index in [1.54, 1.807) is 13.0 Å². The van der Waals surface area contributed by atoms with Crippen LogP contribution >= 0.6 is 15.9 Å². The molecule has 0 heterocycles. The van der Waals surface area contributed by atoms with E-state index in [0.717, 1.165) is 16.7 Å². The van der Waals surface area contributed by atoms with Gasteiger partial charge in [-0.05, 0) is 41.1 Å². The summed E-state index contributed by atoms with van der Waals surface area (Å²) in [6.45, 7) is 4.82. The van der Waals surface area contributed by atoms with Gasteiger partial charge >= 0.3 is 5.97 Å². The van der Waals surface area contributed by atoms with Gasteiger partial charge < -0.3 is 10.0 Å². The Labute approximate surface area is 115 Å². The van der Waals surface area contributed by atoms with Crippen molar-refractivity contribution in [1.29, 1.82) is 5.26 Å². The second-order valence-electron chi connectivity index (χ2n) is 4.05. The summed E-state index contributed by atoms with van der Waals surface area (Å²) >= 11 is 3.33. The van der Waals surface area contributed by atoms with E-state index >= 15 is 0 Å². The minimum absolute atomic E-state index is 0.431. The first kappa shape index (κ1) is 14.5. The number of carbonyl (C=O) groups is 1. The molecule has 0 bridgehead atoms. The highest BCUT2D eigenvalue weighted by molar-refractivity contribution is 9.10. The zero-order chi connectivity index (χ0) is 13.7. The Morgan fingerprint density at radius 3 is 2.72 bits per heavy atom. The Morgan fingerprint density at radius 2 is 2.28 bits per heavy atom. The van der Waals surface area contributed by atoms with Crippen LogP contribution in [0.2, 0.25) is 0 Å². The van der Waals surface area contributed by atoms with Crippen molar-refractivity contribution in [3.05, 3.63) is 28.2 Å². The van der Waals surface area contributed by atoms with Crippen LogP contribution in [0.15, 0.2) is 22.7 Å². The highest BCUT2D eigenvalue weighted by Gasteiger charge is 2.16. The van der Waals surface area contributed by atoms with Crippen molar-refractivity contribution in [2.24, 2.45) is 5.92 Å². The van der Waals surface area contributed by atoms with Crippen LogP contribution in [0.3, 0.4) is 0 Å². The first-order chi connectivity index (χ1) is 8.49. The largest absolute Gasteiger partial charge is 0.481 e. The summed E-state index contributed by atoms with van der Waals surface area (Å²) in [5.41, 5.74) is 1.48. The molecular weight excluding hydrogens is 296 g/mol.